The van der Waals surface area contributed by atoms with Crippen molar-refractivity contribution in [3.63, 3.8) is 0 Å². The Hall–Kier alpha value is -2.14. The number of carbonyl (C=O) groups is 2. The lowest BCUT2D eigenvalue weighted by molar-refractivity contribution is -0.114. The van der Waals surface area contributed by atoms with Crippen LogP contribution < -0.4 is 5.32 Å². The lowest BCUT2D eigenvalue weighted by Gasteiger charge is -2.06. The standard InChI is InChI=1S/C15H12FNO2S/c1-10(19)17-12-3-5-13(6-4-12)20-15-7-2-11(9-18)8-14(15)16/h2-9H,1H3,(H,17,19). The number of hydrogen-bond acceptors (Lipinski definition) is 3. The van der Waals surface area contributed by atoms with Gasteiger partial charge in [0.1, 0.15) is 12.1 Å². The van der Waals surface area contributed by atoms with E-state index < -0.39 is 5.82 Å². The minimum Gasteiger partial charge on any atom is -0.326 e. The maximum atomic E-state index is 13.7. The number of nitrogens with one attached hydrogen (secondary N) is 1. The topological polar surface area (TPSA) is 46.2 Å². The molecule has 1 amide bonds. The van der Waals surface area contributed by atoms with Gasteiger partial charge in [-0.2, -0.15) is 0 Å². The number of hydrogen-bond donors (Lipinski definition) is 1. The van der Waals surface area contributed by atoms with Crippen LogP contribution in [-0.4, -0.2) is 12.2 Å². The summed E-state index contributed by atoms with van der Waals surface area (Å²) in [4.78, 5) is 22.7. The number of halogens is 1. The third-order valence-electron chi connectivity index (χ3n) is 2.49. The summed E-state index contributed by atoms with van der Waals surface area (Å²) in [7, 11) is 0. The van der Waals surface area contributed by atoms with E-state index in [0.717, 1.165) is 4.90 Å². The van der Waals surface area contributed by atoms with Gasteiger partial charge in [-0.15, -0.1) is 0 Å². The van der Waals surface area contributed by atoms with Gasteiger partial charge in [0.05, 0.1) is 0 Å². The Balaban J connectivity index is 2.13. The summed E-state index contributed by atoms with van der Waals surface area (Å²) in [5.41, 5.74) is 1.01. The second-order valence-corrected chi connectivity index (χ2v) is 5.23. The summed E-state index contributed by atoms with van der Waals surface area (Å²) < 4.78 is 13.7. The van der Waals surface area contributed by atoms with E-state index in [9.17, 15) is 14.0 Å². The number of anilines is 1. The zero-order valence-corrected chi connectivity index (χ0v) is 11.5. The molecule has 5 heteroatoms. The minimum atomic E-state index is -0.425. The molecule has 2 aromatic rings. The van der Waals surface area contributed by atoms with Gasteiger partial charge in [-0.3, -0.25) is 9.59 Å². The molecule has 0 heterocycles. The van der Waals surface area contributed by atoms with Gasteiger partial charge in [0, 0.05) is 28.0 Å². The third-order valence-corrected chi connectivity index (χ3v) is 3.55. The second kappa shape index (κ2) is 6.34. The van der Waals surface area contributed by atoms with Crippen LogP contribution in [-0.2, 0) is 4.79 Å². The van der Waals surface area contributed by atoms with Crippen LogP contribution in [0, 0.1) is 5.82 Å². The second-order valence-electron chi connectivity index (χ2n) is 4.12. The van der Waals surface area contributed by atoms with Gasteiger partial charge in [0.2, 0.25) is 5.91 Å². The molecule has 20 heavy (non-hydrogen) atoms. The molecule has 0 atom stereocenters. The largest absolute Gasteiger partial charge is 0.326 e. The molecule has 3 nitrogen and oxygen atoms in total. The lowest BCUT2D eigenvalue weighted by Crippen LogP contribution is -2.05. The SMILES string of the molecule is CC(=O)Nc1ccc(Sc2ccc(C=O)cc2F)cc1. The summed E-state index contributed by atoms with van der Waals surface area (Å²) in [5.74, 6) is -0.563. The quantitative estimate of drug-likeness (QED) is 0.872. The Kier molecular flexibility index (Phi) is 4.53. The van der Waals surface area contributed by atoms with E-state index in [1.807, 2.05) is 0 Å². The number of benzene rings is 2. The molecule has 0 saturated carbocycles. The Morgan fingerprint density at radius 3 is 2.45 bits per heavy atom. The number of aldehydes is 1. The first-order valence-corrected chi connectivity index (χ1v) is 6.70. The van der Waals surface area contributed by atoms with Gasteiger partial charge in [0.15, 0.2) is 0 Å². The fraction of sp³-hybridized carbons (Fsp3) is 0.0667. The molecule has 0 aliphatic rings. The fourth-order valence-corrected chi connectivity index (χ4v) is 2.43. The molecule has 0 fully saturated rings. The highest BCUT2D eigenvalue weighted by Crippen LogP contribution is 2.30. The first-order valence-electron chi connectivity index (χ1n) is 5.89. The Morgan fingerprint density at radius 1 is 1.20 bits per heavy atom. The van der Waals surface area contributed by atoms with E-state index >= 15 is 0 Å². The normalized spacial score (nSPS) is 10.1. The average molecular weight is 289 g/mol. The van der Waals surface area contributed by atoms with Crippen LogP contribution in [0.3, 0.4) is 0 Å². The number of carbonyl (C=O) groups excluding carboxylic acids is 2. The van der Waals surface area contributed by atoms with Crippen molar-refractivity contribution in [3.05, 3.63) is 53.8 Å². The summed E-state index contributed by atoms with van der Waals surface area (Å²) in [5, 5.41) is 2.66. The molecule has 1 N–H and O–H groups in total. The van der Waals surface area contributed by atoms with Crippen LogP contribution in [0.4, 0.5) is 10.1 Å². The van der Waals surface area contributed by atoms with Gasteiger partial charge >= 0.3 is 0 Å². The molecule has 2 aromatic carbocycles. The molecule has 0 saturated heterocycles. The molecule has 0 spiro atoms. The van der Waals surface area contributed by atoms with Gasteiger partial charge in [-0.25, -0.2) is 4.39 Å². The van der Waals surface area contributed by atoms with Crippen molar-refractivity contribution in [2.75, 3.05) is 5.32 Å². The van der Waals surface area contributed by atoms with Crippen molar-refractivity contribution in [1.82, 2.24) is 0 Å². The maximum Gasteiger partial charge on any atom is 0.221 e. The zero-order chi connectivity index (χ0) is 14.5. The lowest BCUT2D eigenvalue weighted by atomic mass is 10.2. The van der Waals surface area contributed by atoms with Crippen LogP contribution >= 0.6 is 11.8 Å². The van der Waals surface area contributed by atoms with Crippen LogP contribution in [0.5, 0.6) is 0 Å². The van der Waals surface area contributed by atoms with E-state index in [-0.39, 0.29) is 5.91 Å². The molecule has 0 aliphatic carbocycles. The Morgan fingerprint density at radius 2 is 1.90 bits per heavy atom. The average Bonchev–Trinajstić information content (AvgIpc) is 2.42. The highest BCUT2D eigenvalue weighted by molar-refractivity contribution is 7.99. The Bertz CT molecular complexity index is 641. The third kappa shape index (κ3) is 3.68. The highest BCUT2D eigenvalue weighted by Gasteiger charge is 2.06. The van der Waals surface area contributed by atoms with Crippen LogP contribution in [0.25, 0.3) is 0 Å². The summed E-state index contributed by atoms with van der Waals surface area (Å²) in [6.45, 7) is 1.44. The van der Waals surface area contributed by atoms with E-state index in [0.29, 0.717) is 22.4 Å². The van der Waals surface area contributed by atoms with E-state index in [1.165, 1.54) is 24.8 Å². The van der Waals surface area contributed by atoms with E-state index in [2.05, 4.69) is 5.32 Å². The molecule has 0 unspecified atom stereocenters. The van der Waals surface area contributed by atoms with Crippen molar-refractivity contribution < 1.29 is 14.0 Å². The summed E-state index contributed by atoms with van der Waals surface area (Å²) in [6.07, 6.45) is 0.611. The molecule has 0 aliphatic heterocycles. The molecular formula is C15H12FNO2S. The molecule has 0 bridgehead atoms. The summed E-state index contributed by atoms with van der Waals surface area (Å²) in [6, 6.07) is 11.4. The van der Waals surface area contributed by atoms with E-state index in [1.54, 1.807) is 36.4 Å². The van der Waals surface area contributed by atoms with Gasteiger partial charge in [-0.05, 0) is 36.4 Å². The minimum absolute atomic E-state index is 0.138. The zero-order valence-electron chi connectivity index (χ0n) is 10.7. The van der Waals surface area contributed by atoms with Crippen LogP contribution in [0.2, 0.25) is 0 Å². The number of amides is 1. The van der Waals surface area contributed by atoms with Gasteiger partial charge in [0.25, 0.3) is 0 Å². The smallest absolute Gasteiger partial charge is 0.221 e. The fourth-order valence-electron chi connectivity index (χ4n) is 1.61. The van der Waals surface area contributed by atoms with E-state index in [4.69, 9.17) is 0 Å². The first-order chi connectivity index (χ1) is 9.58. The van der Waals surface area contributed by atoms with Crippen molar-refractivity contribution in [2.24, 2.45) is 0 Å². The van der Waals surface area contributed by atoms with Gasteiger partial charge in [-0.1, -0.05) is 17.8 Å². The molecule has 0 aromatic heterocycles. The van der Waals surface area contributed by atoms with Crippen molar-refractivity contribution in [3.8, 4) is 0 Å². The maximum absolute atomic E-state index is 13.7. The number of rotatable bonds is 4. The predicted molar refractivity (Wildman–Crippen MR) is 76.7 cm³/mol. The highest BCUT2D eigenvalue weighted by atomic mass is 32.2. The molecule has 0 radical (unpaired) electrons. The van der Waals surface area contributed by atoms with Crippen LogP contribution in [0.1, 0.15) is 17.3 Å². The first kappa shape index (κ1) is 14.3. The van der Waals surface area contributed by atoms with Crippen LogP contribution in [0.15, 0.2) is 52.3 Å². The van der Waals surface area contributed by atoms with Crippen molar-refractivity contribution in [1.29, 1.82) is 0 Å². The van der Waals surface area contributed by atoms with Crippen molar-refractivity contribution in [2.45, 2.75) is 16.7 Å². The molecule has 2 rings (SSSR count). The predicted octanol–water partition coefficient (Wildman–Crippen LogP) is 3.75. The molecular weight excluding hydrogens is 277 g/mol. The van der Waals surface area contributed by atoms with Crippen molar-refractivity contribution >= 4 is 29.6 Å². The molecule has 102 valence electrons. The Labute approximate surface area is 120 Å². The van der Waals surface area contributed by atoms with Gasteiger partial charge < -0.3 is 5.32 Å². The monoisotopic (exact) mass is 289 g/mol. The summed E-state index contributed by atoms with van der Waals surface area (Å²) >= 11 is 1.26.